The molecule has 0 saturated heterocycles. The van der Waals surface area contributed by atoms with Gasteiger partial charge in [-0.25, -0.2) is 4.79 Å². The van der Waals surface area contributed by atoms with E-state index in [1.807, 2.05) is 5.32 Å². The third kappa shape index (κ3) is 5.28. The first-order valence-electron chi connectivity index (χ1n) is 8.11. The maximum Gasteiger partial charge on any atom is 0.341 e. The second-order valence-electron chi connectivity index (χ2n) is 5.93. The van der Waals surface area contributed by atoms with Crippen LogP contribution in [0.5, 0.6) is 5.75 Å². The molecule has 1 aliphatic rings. The standard InChI is InChI=1S/C16H17FN2O8S.CH4/c1-2-3-12(15(23)18-8-20)19-6-11-10(16(19)24)4-9(28(17,25)26)5-13(11)27-7-14(21)22;/h4-5,8,12H,2-3,6-7H2,1H3,(H,21,22)(H,18,20,23);1H4. The molecule has 0 saturated carbocycles. The minimum atomic E-state index is -5.21. The van der Waals surface area contributed by atoms with Gasteiger partial charge in [-0.2, -0.15) is 8.42 Å². The number of aliphatic carboxylic acids is 1. The van der Waals surface area contributed by atoms with E-state index in [2.05, 4.69) is 0 Å². The van der Waals surface area contributed by atoms with Crippen molar-refractivity contribution in [3.8, 4) is 5.75 Å². The summed E-state index contributed by atoms with van der Waals surface area (Å²) in [6, 6.07) is 0.558. The molecule has 1 heterocycles. The molecule has 12 heteroatoms. The number of carbonyl (C=O) groups is 4. The van der Waals surface area contributed by atoms with E-state index in [4.69, 9.17) is 9.84 Å². The lowest BCUT2D eigenvalue weighted by molar-refractivity contribution is -0.139. The molecule has 1 aliphatic heterocycles. The average molecular weight is 432 g/mol. The number of rotatable bonds is 9. The number of hydrogen-bond acceptors (Lipinski definition) is 7. The molecule has 3 amide bonds. The fraction of sp³-hybridized carbons (Fsp3) is 0.412. The number of benzene rings is 1. The summed E-state index contributed by atoms with van der Waals surface area (Å²) in [6.07, 6.45) is 0.871. The predicted molar refractivity (Wildman–Crippen MR) is 97.4 cm³/mol. The molecule has 0 aromatic heterocycles. The number of hydrogen-bond donors (Lipinski definition) is 2. The number of carboxylic acids is 1. The van der Waals surface area contributed by atoms with Crippen LogP contribution in [0.25, 0.3) is 0 Å². The minimum absolute atomic E-state index is 0. The van der Waals surface area contributed by atoms with Gasteiger partial charge in [-0.3, -0.25) is 19.7 Å². The third-order valence-electron chi connectivity index (χ3n) is 4.08. The molecule has 2 rings (SSSR count). The summed E-state index contributed by atoms with van der Waals surface area (Å²) in [4.78, 5) is 46.5. The number of carbonyl (C=O) groups excluding carboxylic acids is 3. The monoisotopic (exact) mass is 432 g/mol. The third-order valence-corrected chi connectivity index (χ3v) is 4.88. The summed E-state index contributed by atoms with van der Waals surface area (Å²) in [5.41, 5.74) is -0.0993. The van der Waals surface area contributed by atoms with Gasteiger partial charge in [-0.15, -0.1) is 3.89 Å². The van der Waals surface area contributed by atoms with E-state index in [9.17, 15) is 31.5 Å². The Bertz CT molecular complexity index is 932. The molecule has 1 unspecified atom stereocenters. The number of nitrogens with one attached hydrogen (secondary N) is 1. The normalized spacial score (nSPS) is 13.9. The molecule has 2 N–H and O–H groups in total. The number of amides is 3. The number of nitrogens with zero attached hydrogens (tertiary/aromatic N) is 1. The van der Waals surface area contributed by atoms with Crippen LogP contribution in [-0.4, -0.2) is 55.3 Å². The zero-order valence-corrected chi connectivity index (χ0v) is 15.5. The van der Waals surface area contributed by atoms with Crippen molar-refractivity contribution in [1.82, 2.24) is 10.2 Å². The molecule has 0 fully saturated rings. The number of halogens is 1. The molecule has 1 aromatic carbocycles. The van der Waals surface area contributed by atoms with Crippen molar-refractivity contribution in [2.24, 2.45) is 0 Å². The van der Waals surface area contributed by atoms with Crippen molar-refractivity contribution in [3.63, 3.8) is 0 Å². The fourth-order valence-corrected chi connectivity index (χ4v) is 3.39. The predicted octanol–water partition coefficient (Wildman–Crippen LogP) is 0.841. The molecule has 29 heavy (non-hydrogen) atoms. The van der Waals surface area contributed by atoms with E-state index < -0.39 is 45.6 Å². The van der Waals surface area contributed by atoms with Crippen molar-refractivity contribution in [2.75, 3.05) is 6.61 Å². The number of fused-ring (bicyclic) bond motifs is 1. The smallest absolute Gasteiger partial charge is 0.341 e. The van der Waals surface area contributed by atoms with Gasteiger partial charge in [0.2, 0.25) is 12.3 Å². The quantitative estimate of drug-likeness (QED) is 0.431. The van der Waals surface area contributed by atoms with Crippen molar-refractivity contribution >= 4 is 34.4 Å². The Morgan fingerprint density at radius 2 is 2.07 bits per heavy atom. The van der Waals surface area contributed by atoms with Crippen LogP contribution < -0.4 is 10.1 Å². The van der Waals surface area contributed by atoms with E-state index in [1.54, 1.807) is 6.92 Å². The second kappa shape index (κ2) is 9.45. The van der Waals surface area contributed by atoms with Gasteiger partial charge in [0.15, 0.2) is 6.61 Å². The largest absolute Gasteiger partial charge is 0.481 e. The van der Waals surface area contributed by atoms with E-state index >= 15 is 0 Å². The molecule has 0 bridgehead atoms. The van der Waals surface area contributed by atoms with Crippen LogP contribution in [0.15, 0.2) is 17.0 Å². The van der Waals surface area contributed by atoms with Crippen LogP contribution in [0.2, 0.25) is 0 Å². The van der Waals surface area contributed by atoms with Gasteiger partial charge in [0.25, 0.3) is 5.91 Å². The lowest BCUT2D eigenvalue weighted by atomic mass is 10.1. The SMILES string of the molecule is C.CCCC(C(=O)NC=O)N1Cc2c(OCC(=O)O)cc(S(=O)(=O)F)cc2C1=O. The highest BCUT2D eigenvalue weighted by Gasteiger charge is 2.38. The molecule has 0 aliphatic carbocycles. The van der Waals surface area contributed by atoms with Gasteiger partial charge in [0.05, 0.1) is 6.54 Å². The lowest BCUT2D eigenvalue weighted by Gasteiger charge is -2.25. The summed E-state index contributed by atoms with van der Waals surface area (Å²) in [6.45, 7) is 0.706. The molecular weight excluding hydrogens is 411 g/mol. The van der Waals surface area contributed by atoms with E-state index in [1.165, 1.54) is 0 Å². The summed E-state index contributed by atoms with van der Waals surface area (Å²) in [5, 5.41) is 10.7. The number of imide groups is 1. The van der Waals surface area contributed by atoms with Crippen LogP contribution in [0.3, 0.4) is 0 Å². The van der Waals surface area contributed by atoms with Crippen molar-refractivity contribution < 1.29 is 41.3 Å². The van der Waals surface area contributed by atoms with Crippen molar-refractivity contribution in [3.05, 3.63) is 23.3 Å². The first-order chi connectivity index (χ1) is 13.1. The van der Waals surface area contributed by atoms with Crippen LogP contribution in [0.4, 0.5) is 3.89 Å². The van der Waals surface area contributed by atoms with Gasteiger partial charge in [0.1, 0.15) is 16.7 Å². The summed E-state index contributed by atoms with van der Waals surface area (Å²) < 4.78 is 41.0. The fourth-order valence-electron chi connectivity index (χ4n) is 2.89. The highest BCUT2D eigenvalue weighted by atomic mass is 32.3. The zero-order chi connectivity index (χ0) is 21.1. The first kappa shape index (κ1) is 24.0. The van der Waals surface area contributed by atoms with Crippen molar-refractivity contribution in [1.29, 1.82) is 0 Å². The van der Waals surface area contributed by atoms with E-state index in [0.29, 0.717) is 6.42 Å². The summed E-state index contributed by atoms with van der Waals surface area (Å²) in [5.74, 6) is -3.15. The van der Waals surface area contributed by atoms with Gasteiger partial charge >= 0.3 is 16.2 Å². The Balaban J connectivity index is 0.00000420. The van der Waals surface area contributed by atoms with Crippen LogP contribution >= 0.6 is 0 Å². The molecule has 1 aromatic rings. The highest BCUT2D eigenvalue weighted by Crippen LogP contribution is 2.36. The molecule has 10 nitrogen and oxygen atoms in total. The first-order valence-corrected chi connectivity index (χ1v) is 9.49. The lowest BCUT2D eigenvalue weighted by Crippen LogP contribution is -2.46. The second-order valence-corrected chi connectivity index (χ2v) is 7.28. The number of carboxylic acid groups (broad SMARTS) is 1. The van der Waals surface area contributed by atoms with Crippen LogP contribution in [-0.2, 0) is 31.2 Å². The van der Waals surface area contributed by atoms with Gasteiger partial charge < -0.3 is 14.7 Å². The maximum atomic E-state index is 13.5. The Kier molecular flexibility index (Phi) is 7.83. The highest BCUT2D eigenvalue weighted by molar-refractivity contribution is 7.86. The molecular formula is C17H21FN2O8S. The van der Waals surface area contributed by atoms with Crippen molar-refractivity contribution in [2.45, 2.75) is 44.7 Å². The molecule has 1 atom stereocenters. The zero-order valence-electron chi connectivity index (χ0n) is 14.7. The van der Waals surface area contributed by atoms with E-state index in [0.717, 1.165) is 17.0 Å². The van der Waals surface area contributed by atoms with Gasteiger partial charge in [0, 0.05) is 17.2 Å². The minimum Gasteiger partial charge on any atom is -0.481 e. The molecule has 160 valence electrons. The summed E-state index contributed by atoms with van der Waals surface area (Å²) in [7, 11) is -5.21. The van der Waals surface area contributed by atoms with Crippen LogP contribution in [0, 0.1) is 0 Å². The number of ether oxygens (including phenoxy) is 1. The molecule has 0 spiro atoms. The van der Waals surface area contributed by atoms with Gasteiger partial charge in [-0.1, -0.05) is 20.8 Å². The van der Waals surface area contributed by atoms with Gasteiger partial charge in [-0.05, 0) is 12.5 Å². The Morgan fingerprint density at radius 1 is 1.41 bits per heavy atom. The van der Waals surface area contributed by atoms with E-state index in [-0.39, 0.29) is 43.7 Å². The topological polar surface area (TPSA) is 147 Å². The molecule has 0 radical (unpaired) electrons. The van der Waals surface area contributed by atoms with Crippen LogP contribution in [0.1, 0.15) is 43.1 Å². The Morgan fingerprint density at radius 3 is 2.59 bits per heavy atom. The Hall–Kier alpha value is -3.02. The average Bonchev–Trinajstić information content (AvgIpc) is 2.93. The Labute approximate surface area is 166 Å². The summed E-state index contributed by atoms with van der Waals surface area (Å²) >= 11 is 0. The maximum absolute atomic E-state index is 13.5.